The van der Waals surface area contributed by atoms with Crippen molar-refractivity contribution in [3.05, 3.63) is 206 Å². The van der Waals surface area contributed by atoms with Crippen molar-refractivity contribution in [3.8, 4) is 44.5 Å². The molecule has 0 unspecified atom stereocenters. The highest BCUT2D eigenvalue weighted by molar-refractivity contribution is 6.29. The lowest BCUT2D eigenvalue weighted by atomic mass is 9.80. The molecule has 0 atom stereocenters. The topological polar surface area (TPSA) is 0 Å². The molecule has 0 heterocycles. The Kier molecular flexibility index (Phi) is 6.54. The zero-order valence-electron chi connectivity index (χ0n) is 31.6. The summed E-state index contributed by atoms with van der Waals surface area (Å²) in [5.41, 5.74) is 9.98. The second-order valence-corrected chi connectivity index (χ2v) is 15.9. The molecular formula is C58H34. The lowest BCUT2D eigenvalue weighted by Crippen LogP contribution is -1.96. The van der Waals surface area contributed by atoms with Gasteiger partial charge in [-0.25, -0.2) is 0 Å². The molecule has 0 nitrogen and oxygen atoms in total. The summed E-state index contributed by atoms with van der Waals surface area (Å²) >= 11 is 0. The monoisotopic (exact) mass is 730 g/mol. The van der Waals surface area contributed by atoms with Gasteiger partial charge in [-0.15, -0.1) is 0 Å². The second kappa shape index (κ2) is 12.0. The number of hydrogen-bond acceptors (Lipinski definition) is 0. The molecule has 13 rings (SSSR count). The Balaban J connectivity index is 1.17. The van der Waals surface area contributed by atoms with Crippen molar-refractivity contribution in [1.29, 1.82) is 0 Å². The minimum Gasteiger partial charge on any atom is -0.0622 e. The highest BCUT2D eigenvalue weighted by atomic mass is 14.3. The summed E-state index contributed by atoms with van der Waals surface area (Å²) in [6.45, 7) is 0. The van der Waals surface area contributed by atoms with Crippen LogP contribution >= 0.6 is 0 Å². The van der Waals surface area contributed by atoms with Crippen molar-refractivity contribution < 1.29 is 0 Å². The molecule has 0 spiro atoms. The van der Waals surface area contributed by atoms with E-state index in [1.165, 1.54) is 131 Å². The molecule has 0 bridgehead atoms. The normalized spacial score (nSPS) is 12.1. The molecule has 0 aliphatic heterocycles. The fraction of sp³-hybridized carbons (Fsp3) is 0. The van der Waals surface area contributed by atoms with Gasteiger partial charge >= 0.3 is 0 Å². The molecule has 0 aliphatic carbocycles. The van der Waals surface area contributed by atoms with Crippen molar-refractivity contribution in [1.82, 2.24) is 0 Å². The van der Waals surface area contributed by atoms with Crippen LogP contribution in [0.15, 0.2) is 206 Å². The molecule has 0 aromatic heterocycles. The lowest BCUT2D eigenvalue weighted by molar-refractivity contribution is 1.61. The fourth-order valence-corrected chi connectivity index (χ4v) is 10.4. The second-order valence-electron chi connectivity index (χ2n) is 15.9. The molecule has 0 amide bonds. The summed E-state index contributed by atoms with van der Waals surface area (Å²) in [6, 6.07) is 77.4. The van der Waals surface area contributed by atoms with Gasteiger partial charge in [-0.05, 0) is 137 Å². The van der Waals surface area contributed by atoms with Crippen LogP contribution in [0, 0.1) is 0 Å². The van der Waals surface area contributed by atoms with E-state index in [1.54, 1.807) is 0 Å². The third-order valence-electron chi connectivity index (χ3n) is 12.9. The van der Waals surface area contributed by atoms with Gasteiger partial charge in [0.05, 0.1) is 0 Å². The molecule has 0 fully saturated rings. The van der Waals surface area contributed by atoms with Crippen molar-refractivity contribution >= 4 is 86.2 Å². The van der Waals surface area contributed by atoms with Gasteiger partial charge in [-0.3, -0.25) is 0 Å². The molecular weight excluding hydrogens is 697 g/mol. The van der Waals surface area contributed by atoms with Gasteiger partial charge in [0.2, 0.25) is 0 Å². The third-order valence-corrected chi connectivity index (χ3v) is 12.9. The van der Waals surface area contributed by atoms with Gasteiger partial charge in [-0.1, -0.05) is 200 Å². The highest BCUT2D eigenvalue weighted by Gasteiger charge is 2.23. The van der Waals surface area contributed by atoms with E-state index in [9.17, 15) is 0 Å². The first-order valence-corrected chi connectivity index (χ1v) is 20.3. The SMILES string of the molecule is c1ccc(-c2cc(-c3ccc4ccc5cccc6ccc3c4c56)c3ccccc3c2-c2ccc3ccccc3c2-c2ccc3ccc4cccc5ccc2c3c45)cc1. The first-order valence-electron chi connectivity index (χ1n) is 20.3. The maximum atomic E-state index is 2.49. The Hall–Kier alpha value is -7.54. The first kappa shape index (κ1) is 31.6. The first-order chi connectivity index (χ1) is 28.8. The summed E-state index contributed by atoms with van der Waals surface area (Å²) in [7, 11) is 0. The minimum absolute atomic E-state index is 1.21. The van der Waals surface area contributed by atoms with E-state index in [2.05, 4.69) is 206 Å². The van der Waals surface area contributed by atoms with Crippen LogP contribution in [0.4, 0.5) is 0 Å². The van der Waals surface area contributed by atoms with Crippen LogP contribution in [0.1, 0.15) is 0 Å². The van der Waals surface area contributed by atoms with Crippen LogP contribution < -0.4 is 0 Å². The van der Waals surface area contributed by atoms with E-state index >= 15 is 0 Å². The predicted octanol–water partition coefficient (Wildman–Crippen LogP) is 16.5. The Morgan fingerprint density at radius 3 is 1.28 bits per heavy atom. The maximum Gasteiger partial charge on any atom is -0.00199 e. The van der Waals surface area contributed by atoms with Crippen LogP contribution in [0.2, 0.25) is 0 Å². The number of rotatable bonds is 4. The molecule has 0 heteroatoms. The Bertz CT molecular complexity index is 3740. The highest BCUT2D eigenvalue weighted by Crippen LogP contribution is 2.51. The van der Waals surface area contributed by atoms with Crippen LogP contribution in [0.5, 0.6) is 0 Å². The van der Waals surface area contributed by atoms with Crippen LogP contribution in [0.3, 0.4) is 0 Å². The third kappa shape index (κ3) is 4.40. The summed E-state index contributed by atoms with van der Waals surface area (Å²) < 4.78 is 0. The van der Waals surface area contributed by atoms with Crippen LogP contribution in [0.25, 0.3) is 131 Å². The van der Waals surface area contributed by atoms with Crippen molar-refractivity contribution in [2.45, 2.75) is 0 Å². The average molecular weight is 731 g/mol. The molecule has 58 heavy (non-hydrogen) atoms. The smallest absolute Gasteiger partial charge is 0.00199 e. The molecule has 13 aromatic rings. The number of fused-ring (bicyclic) bond motifs is 2. The largest absolute Gasteiger partial charge is 0.0622 e. The zero-order valence-corrected chi connectivity index (χ0v) is 31.6. The van der Waals surface area contributed by atoms with Crippen molar-refractivity contribution in [3.63, 3.8) is 0 Å². The standard InChI is InChI=1S/C58H34/c1-2-10-35(11-3-1)51-34-52(45-29-25-41-22-20-37-13-8-15-39-26-30-47(45)55(41)53(37)39)44-18-6-7-19-46(44)58(51)50-33-24-36-12-4-5-17-43(36)57(50)49-32-28-42-23-21-38-14-9-16-40-27-31-48(49)56(42)54(38)40/h1-34H. The van der Waals surface area contributed by atoms with Gasteiger partial charge in [0.25, 0.3) is 0 Å². The zero-order chi connectivity index (χ0) is 37.9. The number of hydrogen-bond donors (Lipinski definition) is 0. The average Bonchev–Trinajstić information content (AvgIpc) is 3.29. The predicted molar refractivity (Wildman–Crippen MR) is 251 cm³/mol. The van der Waals surface area contributed by atoms with Gasteiger partial charge in [0, 0.05) is 0 Å². The van der Waals surface area contributed by atoms with Crippen molar-refractivity contribution in [2.75, 3.05) is 0 Å². The van der Waals surface area contributed by atoms with Crippen LogP contribution in [-0.4, -0.2) is 0 Å². The summed E-state index contributed by atoms with van der Waals surface area (Å²) in [6.07, 6.45) is 0. The van der Waals surface area contributed by atoms with Gasteiger partial charge in [0.1, 0.15) is 0 Å². The number of benzene rings is 13. The molecule has 0 aliphatic rings. The Morgan fingerprint density at radius 1 is 0.190 bits per heavy atom. The van der Waals surface area contributed by atoms with Gasteiger partial charge < -0.3 is 0 Å². The molecule has 0 saturated carbocycles. The minimum atomic E-state index is 1.21. The Morgan fingerprint density at radius 2 is 0.621 bits per heavy atom. The van der Waals surface area contributed by atoms with Gasteiger partial charge in [-0.2, -0.15) is 0 Å². The Labute approximate surface area is 335 Å². The van der Waals surface area contributed by atoms with Crippen LogP contribution in [-0.2, 0) is 0 Å². The van der Waals surface area contributed by atoms with E-state index in [1.807, 2.05) is 0 Å². The van der Waals surface area contributed by atoms with E-state index < -0.39 is 0 Å². The van der Waals surface area contributed by atoms with Gasteiger partial charge in [0.15, 0.2) is 0 Å². The lowest BCUT2D eigenvalue weighted by Gasteiger charge is -2.23. The fourth-order valence-electron chi connectivity index (χ4n) is 10.4. The van der Waals surface area contributed by atoms with Crippen molar-refractivity contribution in [2.24, 2.45) is 0 Å². The maximum absolute atomic E-state index is 2.49. The van der Waals surface area contributed by atoms with E-state index in [0.717, 1.165) is 0 Å². The van der Waals surface area contributed by atoms with E-state index in [0.29, 0.717) is 0 Å². The summed E-state index contributed by atoms with van der Waals surface area (Å²) in [5, 5.41) is 20.6. The summed E-state index contributed by atoms with van der Waals surface area (Å²) in [5.74, 6) is 0. The molecule has 0 N–H and O–H groups in total. The molecule has 0 saturated heterocycles. The van der Waals surface area contributed by atoms with E-state index in [-0.39, 0.29) is 0 Å². The molecule has 13 aromatic carbocycles. The molecule has 0 radical (unpaired) electrons. The molecule has 266 valence electrons. The van der Waals surface area contributed by atoms with E-state index in [4.69, 9.17) is 0 Å². The quantitative estimate of drug-likeness (QED) is 0.158. The summed E-state index contributed by atoms with van der Waals surface area (Å²) in [4.78, 5) is 0.